The van der Waals surface area contributed by atoms with Crippen molar-refractivity contribution >= 4 is 31.4 Å². The highest BCUT2D eigenvalue weighted by molar-refractivity contribution is 8.02. The molecule has 1 atom stereocenters. The molecule has 1 heterocycles. The van der Waals surface area contributed by atoms with Crippen molar-refractivity contribution in [2.24, 2.45) is 10.8 Å². The molecular weight excluding hydrogens is 322 g/mol. The molecule has 0 radical (unpaired) electrons. The number of benzene rings is 1. The van der Waals surface area contributed by atoms with E-state index in [1.54, 1.807) is 7.05 Å². The van der Waals surface area contributed by atoms with Crippen LogP contribution in [0.15, 0.2) is 50.5 Å². The number of sulfonamides is 1. The van der Waals surface area contributed by atoms with Crippen LogP contribution in [-0.4, -0.2) is 28.4 Å². The summed E-state index contributed by atoms with van der Waals surface area (Å²) in [6, 6.07) is 6.04. The molecule has 20 heavy (non-hydrogen) atoms. The van der Waals surface area contributed by atoms with E-state index in [2.05, 4.69) is 8.75 Å². The molecule has 1 aromatic carbocycles. The molecular formula is C11H12ClN3O3S2. The minimum atomic E-state index is -4.07. The summed E-state index contributed by atoms with van der Waals surface area (Å²) < 4.78 is 41.6. The topological polar surface area (TPSA) is 81.4 Å². The molecule has 0 aliphatic carbocycles. The van der Waals surface area contributed by atoms with E-state index in [9.17, 15) is 12.6 Å². The quantitative estimate of drug-likeness (QED) is 0.859. The molecule has 0 amide bonds. The number of hydrogen-bond acceptors (Lipinski definition) is 4. The van der Waals surface area contributed by atoms with Crippen molar-refractivity contribution in [1.29, 1.82) is 0 Å². The van der Waals surface area contributed by atoms with Crippen LogP contribution in [0.5, 0.6) is 0 Å². The smallest absolute Gasteiger partial charge is 0.309 e. The Hall–Kier alpha value is -1.38. The van der Waals surface area contributed by atoms with Crippen LogP contribution in [-0.2, 0) is 26.8 Å². The number of hydrogen-bond donors (Lipinski definition) is 0. The van der Waals surface area contributed by atoms with Crippen LogP contribution in [0.4, 0.5) is 0 Å². The SMILES string of the molecule is Cn1cnc(S(=O)(=O)N=[S@](C)(=O)c2ccc(Cl)cc2)c1. The molecule has 0 aliphatic rings. The normalized spacial score (nSPS) is 14.8. The predicted octanol–water partition coefficient (Wildman–Crippen LogP) is 1.92. The first-order chi connectivity index (χ1) is 9.21. The van der Waals surface area contributed by atoms with Gasteiger partial charge in [0.05, 0.1) is 16.1 Å². The van der Waals surface area contributed by atoms with Gasteiger partial charge in [-0.05, 0) is 24.3 Å². The number of rotatable bonds is 3. The molecule has 6 nitrogen and oxygen atoms in total. The molecule has 0 bridgehead atoms. The number of aromatic nitrogens is 2. The first-order valence-corrected chi connectivity index (χ1v) is 9.17. The molecule has 108 valence electrons. The fourth-order valence-electron chi connectivity index (χ4n) is 1.48. The zero-order chi connectivity index (χ0) is 15.0. The maximum absolute atomic E-state index is 12.5. The van der Waals surface area contributed by atoms with Gasteiger partial charge in [0.2, 0.25) is 0 Å². The lowest BCUT2D eigenvalue weighted by molar-refractivity contribution is 0.595. The third-order valence-electron chi connectivity index (χ3n) is 2.44. The van der Waals surface area contributed by atoms with E-state index in [-0.39, 0.29) is 5.03 Å². The molecule has 0 aliphatic heterocycles. The zero-order valence-corrected chi connectivity index (χ0v) is 13.1. The maximum atomic E-state index is 12.5. The van der Waals surface area contributed by atoms with Gasteiger partial charge in [-0.25, -0.2) is 9.19 Å². The first kappa shape index (κ1) is 15.0. The fraction of sp³-hybridized carbons (Fsp3) is 0.182. The van der Waals surface area contributed by atoms with Crippen molar-refractivity contribution in [1.82, 2.24) is 9.55 Å². The van der Waals surface area contributed by atoms with E-state index < -0.39 is 19.8 Å². The van der Waals surface area contributed by atoms with Crippen molar-refractivity contribution < 1.29 is 12.6 Å². The second kappa shape index (κ2) is 5.19. The van der Waals surface area contributed by atoms with Gasteiger partial charge in [0, 0.05) is 29.4 Å². The highest BCUT2D eigenvalue weighted by atomic mass is 35.5. The van der Waals surface area contributed by atoms with E-state index in [0.29, 0.717) is 9.92 Å². The molecule has 0 saturated heterocycles. The largest absolute Gasteiger partial charge is 0.339 e. The summed E-state index contributed by atoms with van der Waals surface area (Å²) in [5.41, 5.74) is 0. The second-order valence-electron chi connectivity index (χ2n) is 4.18. The molecule has 2 aromatic rings. The van der Waals surface area contributed by atoms with Crippen molar-refractivity contribution in [2.45, 2.75) is 9.92 Å². The average molecular weight is 334 g/mol. The Bertz CT molecular complexity index is 847. The predicted molar refractivity (Wildman–Crippen MR) is 76.6 cm³/mol. The molecule has 0 fully saturated rings. The Morgan fingerprint density at radius 2 is 1.80 bits per heavy atom. The van der Waals surface area contributed by atoms with Crippen LogP contribution in [0.1, 0.15) is 0 Å². The van der Waals surface area contributed by atoms with Gasteiger partial charge in [-0.15, -0.1) is 3.77 Å². The molecule has 9 heteroatoms. The summed E-state index contributed by atoms with van der Waals surface area (Å²) in [4.78, 5) is 4.01. The van der Waals surface area contributed by atoms with Crippen LogP contribution in [0.25, 0.3) is 0 Å². The minimum Gasteiger partial charge on any atom is -0.339 e. The molecule has 0 saturated carbocycles. The summed E-state index contributed by atoms with van der Waals surface area (Å²) in [6.45, 7) is 0. The van der Waals surface area contributed by atoms with E-state index in [1.807, 2.05) is 0 Å². The van der Waals surface area contributed by atoms with Gasteiger partial charge in [0.15, 0.2) is 5.03 Å². The van der Waals surface area contributed by atoms with Crippen LogP contribution in [0, 0.1) is 0 Å². The summed E-state index contributed by atoms with van der Waals surface area (Å²) >= 11 is 5.74. The highest BCUT2D eigenvalue weighted by Gasteiger charge is 2.19. The number of halogens is 1. The molecule has 0 N–H and O–H groups in total. The van der Waals surface area contributed by atoms with Gasteiger partial charge < -0.3 is 4.57 Å². The van der Waals surface area contributed by atoms with Gasteiger partial charge in [0.25, 0.3) is 0 Å². The van der Waals surface area contributed by atoms with Gasteiger partial charge >= 0.3 is 10.0 Å². The molecule has 0 unspecified atom stereocenters. The number of imidazole rings is 1. The summed E-state index contributed by atoms with van der Waals surface area (Å²) in [6.07, 6.45) is 3.90. The van der Waals surface area contributed by atoms with Crippen molar-refractivity contribution in [3.05, 3.63) is 41.8 Å². The van der Waals surface area contributed by atoms with E-state index in [0.717, 1.165) is 0 Å². The molecule has 1 aromatic heterocycles. The second-order valence-corrected chi connectivity index (χ2v) is 8.66. The van der Waals surface area contributed by atoms with Crippen molar-refractivity contribution in [3.63, 3.8) is 0 Å². The first-order valence-electron chi connectivity index (χ1n) is 5.43. The van der Waals surface area contributed by atoms with E-state index in [1.165, 1.54) is 47.6 Å². The van der Waals surface area contributed by atoms with Crippen molar-refractivity contribution in [2.75, 3.05) is 6.26 Å². The van der Waals surface area contributed by atoms with Crippen LogP contribution in [0.2, 0.25) is 5.02 Å². The Labute approximate surface area is 122 Å². The Morgan fingerprint density at radius 1 is 1.20 bits per heavy atom. The maximum Gasteiger partial charge on any atom is 0.309 e. The average Bonchev–Trinajstić information content (AvgIpc) is 2.76. The zero-order valence-electron chi connectivity index (χ0n) is 10.7. The summed E-state index contributed by atoms with van der Waals surface area (Å²) in [7, 11) is -5.53. The van der Waals surface area contributed by atoms with Crippen LogP contribution >= 0.6 is 11.6 Å². The number of aryl methyl sites for hydroxylation is 1. The number of nitrogens with zero attached hydrogens (tertiary/aromatic N) is 3. The lowest BCUT2D eigenvalue weighted by Crippen LogP contribution is -2.05. The van der Waals surface area contributed by atoms with E-state index in [4.69, 9.17) is 11.6 Å². The van der Waals surface area contributed by atoms with Gasteiger partial charge in [-0.1, -0.05) is 11.6 Å². The minimum absolute atomic E-state index is 0.233. The lowest BCUT2D eigenvalue weighted by Gasteiger charge is -2.04. The van der Waals surface area contributed by atoms with Crippen LogP contribution < -0.4 is 0 Å². The monoisotopic (exact) mass is 333 g/mol. The summed E-state index contributed by atoms with van der Waals surface area (Å²) in [5.74, 6) is 0. The third-order valence-corrected chi connectivity index (χ3v) is 6.50. The molecule has 0 spiro atoms. The standard InChI is InChI=1S/C11H12ClN3O3S2/c1-15-7-11(13-8-15)20(17,18)14-19(2,16)10-5-3-9(12)4-6-10/h3-8H,1-2H3/t19-/m1/s1. The Balaban J connectivity index is 2.53. The van der Waals surface area contributed by atoms with Gasteiger partial charge in [0.1, 0.15) is 0 Å². The molecule has 2 rings (SSSR count). The van der Waals surface area contributed by atoms with Crippen molar-refractivity contribution in [3.8, 4) is 0 Å². The lowest BCUT2D eigenvalue weighted by atomic mass is 10.4. The fourth-order valence-corrected chi connectivity index (χ4v) is 4.87. The highest BCUT2D eigenvalue weighted by Crippen LogP contribution is 2.19. The Morgan fingerprint density at radius 3 is 2.30 bits per heavy atom. The van der Waals surface area contributed by atoms with Gasteiger partial charge in [-0.2, -0.15) is 8.42 Å². The van der Waals surface area contributed by atoms with Crippen LogP contribution in [0.3, 0.4) is 0 Å². The third kappa shape index (κ3) is 3.20. The Kier molecular flexibility index (Phi) is 3.90. The van der Waals surface area contributed by atoms with E-state index >= 15 is 0 Å². The summed E-state index contributed by atoms with van der Waals surface area (Å²) in [5, 5.41) is 0.236. The van der Waals surface area contributed by atoms with Gasteiger partial charge in [-0.3, -0.25) is 0 Å².